The normalized spacial score (nSPS) is 11.1. The van der Waals surface area contributed by atoms with Crippen molar-refractivity contribution in [2.45, 2.75) is 0 Å². The van der Waals surface area contributed by atoms with Crippen LogP contribution in [0.3, 0.4) is 0 Å². The molecular weight excluding hydrogens is 300 g/mol. The van der Waals surface area contributed by atoms with Crippen LogP contribution in [-0.2, 0) is 10.0 Å². The Balaban J connectivity index is 1.86. The zero-order valence-electron chi connectivity index (χ0n) is 10.9. The minimum atomic E-state index is -3.60. The molecule has 0 fully saturated rings. The Morgan fingerprint density at radius 3 is 2.00 bits per heavy atom. The van der Waals surface area contributed by atoms with Crippen molar-refractivity contribution in [2.24, 2.45) is 0 Å². The molecule has 0 saturated heterocycles. The second-order valence-corrected chi connectivity index (χ2v) is 6.07. The minimum absolute atomic E-state index is 0.0812. The molecule has 0 spiro atoms. The Bertz CT molecular complexity index is 685. The van der Waals surface area contributed by atoms with Gasteiger partial charge in [0.1, 0.15) is 29.7 Å². The van der Waals surface area contributed by atoms with Crippen molar-refractivity contribution in [3.63, 3.8) is 0 Å². The summed E-state index contributed by atoms with van der Waals surface area (Å²) in [5.74, 6) is -0.735. The van der Waals surface area contributed by atoms with Gasteiger partial charge in [-0.2, -0.15) is 0 Å². The summed E-state index contributed by atoms with van der Waals surface area (Å²) >= 11 is 0. The van der Waals surface area contributed by atoms with Crippen LogP contribution < -0.4 is 9.46 Å². The smallest absolute Gasteiger partial charge is 0.236 e. The number of benzene rings is 2. The molecule has 0 aliphatic carbocycles. The largest absolute Gasteiger partial charge is 0.492 e. The summed E-state index contributed by atoms with van der Waals surface area (Å²) in [5, 5.41) is 0. The van der Waals surface area contributed by atoms with Crippen LogP contribution >= 0.6 is 0 Å². The molecule has 7 heteroatoms. The van der Waals surface area contributed by atoms with E-state index in [1.54, 1.807) is 0 Å². The van der Waals surface area contributed by atoms with E-state index < -0.39 is 21.7 Å². The summed E-state index contributed by atoms with van der Waals surface area (Å²) in [6.45, 7) is -0.0812. The number of nitrogens with one attached hydrogen (secondary N) is 1. The average Bonchev–Trinajstić information content (AvgIpc) is 2.43. The molecule has 2 rings (SSSR count). The lowest BCUT2D eigenvalue weighted by molar-refractivity contribution is 0.340. The van der Waals surface area contributed by atoms with Crippen LogP contribution in [0, 0.1) is 11.6 Å². The molecule has 0 aliphatic rings. The number of halogens is 2. The van der Waals surface area contributed by atoms with Gasteiger partial charge >= 0.3 is 0 Å². The SMILES string of the molecule is O=S(=O)(CCOc1ccc(F)cc1)Nc1ccc(F)cc1. The maximum absolute atomic E-state index is 12.7. The molecule has 4 nitrogen and oxygen atoms in total. The third-order valence-corrected chi connectivity index (χ3v) is 3.80. The van der Waals surface area contributed by atoms with Gasteiger partial charge in [0.05, 0.1) is 0 Å². The average molecular weight is 313 g/mol. The first-order valence-corrected chi connectivity index (χ1v) is 7.74. The first-order valence-electron chi connectivity index (χ1n) is 6.09. The van der Waals surface area contributed by atoms with E-state index in [2.05, 4.69) is 4.72 Å². The third kappa shape index (κ3) is 5.03. The fourth-order valence-electron chi connectivity index (χ4n) is 1.55. The predicted octanol–water partition coefficient (Wildman–Crippen LogP) is 2.79. The van der Waals surface area contributed by atoms with Gasteiger partial charge in [-0.1, -0.05) is 0 Å². The van der Waals surface area contributed by atoms with Crippen LogP contribution in [-0.4, -0.2) is 20.8 Å². The second kappa shape index (κ2) is 6.53. The third-order valence-electron chi connectivity index (χ3n) is 2.55. The lowest BCUT2D eigenvalue weighted by Gasteiger charge is -2.09. The molecular formula is C14H13F2NO3S. The quantitative estimate of drug-likeness (QED) is 0.892. The van der Waals surface area contributed by atoms with Gasteiger partial charge in [-0.05, 0) is 48.5 Å². The monoisotopic (exact) mass is 313 g/mol. The van der Waals surface area contributed by atoms with Crippen LogP contribution in [0.25, 0.3) is 0 Å². The highest BCUT2D eigenvalue weighted by Crippen LogP contribution is 2.12. The molecule has 0 saturated carbocycles. The molecule has 0 amide bonds. The van der Waals surface area contributed by atoms with Crippen LogP contribution in [0.4, 0.5) is 14.5 Å². The maximum atomic E-state index is 12.7. The highest BCUT2D eigenvalue weighted by molar-refractivity contribution is 7.92. The molecule has 0 unspecified atom stereocenters. The van der Waals surface area contributed by atoms with E-state index >= 15 is 0 Å². The first kappa shape index (κ1) is 15.2. The number of ether oxygens (including phenoxy) is 1. The maximum Gasteiger partial charge on any atom is 0.236 e. The van der Waals surface area contributed by atoms with Crippen LogP contribution in [0.15, 0.2) is 48.5 Å². The molecule has 112 valence electrons. The summed E-state index contributed by atoms with van der Waals surface area (Å²) in [7, 11) is -3.60. The van der Waals surface area contributed by atoms with Crippen LogP contribution in [0.1, 0.15) is 0 Å². The molecule has 0 bridgehead atoms. The molecule has 0 aromatic heterocycles. The van der Waals surface area contributed by atoms with Crippen molar-refractivity contribution in [1.82, 2.24) is 0 Å². The van der Waals surface area contributed by atoms with Crippen molar-refractivity contribution in [2.75, 3.05) is 17.1 Å². The number of anilines is 1. The van der Waals surface area contributed by atoms with Crippen molar-refractivity contribution in [1.29, 1.82) is 0 Å². The second-order valence-electron chi connectivity index (χ2n) is 4.23. The summed E-state index contributed by atoms with van der Waals surface area (Å²) in [4.78, 5) is 0. The molecule has 0 aliphatic heterocycles. The first-order chi connectivity index (χ1) is 9.94. The predicted molar refractivity (Wildman–Crippen MR) is 75.7 cm³/mol. The van der Waals surface area contributed by atoms with E-state index in [0.29, 0.717) is 5.75 Å². The van der Waals surface area contributed by atoms with Crippen LogP contribution in [0.2, 0.25) is 0 Å². The van der Waals surface area contributed by atoms with Gasteiger partial charge < -0.3 is 4.74 Å². The molecule has 1 N–H and O–H groups in total. The topological polar surface area (TPSA) is 55.4 Å². The van der Waals surface area contributed by atoms with Crippen molar-refractivity contribution >= 4 is 15.7 Å². The molecule has 0 heterocycles. The highest BCUT2D eigenvalue weighted by atomic mass is 32.2. The lowest BCUT2D eigenvalue weighted by Crippen LogP contribution is -2.21. The summed E-state index contributed by atoms with van der Waals surface area (Å²) in [6, 6.07) is 10.2. The molecule has 2 aromatic rings. The van der Waals surface area contributed by atoms with Crippen molar-refractivity contribution in [3.8, 4) is 5.75 Å². The van der Waals surface area contributed by atoms with Gasteiger partial charge in [-0.15, -0.1) is 0 Å². The molecule has 2 aromatic carbocycles. The van der Waals surface area contributed by atoms with Crippen molar-refractivity contribution < 1.29 is 21.9 Å². The Labute approximate surface area is 121 Å². The Morgan fingerprint density at radius 2 is 1.43 bits per heavy atom. The van der Waals surface area contributed by atoms with E-state index in [0.717, 1.165) is 12.1 Å². The van der Waals surface area contributed by atoms with Gasteiger partial charge in [0.25, 0.3) is 0 Å². The standard InChI is InChI=1S/C14H13F2NO3S/c15-11-1-5-13(6-2-11)17-21(18,19)10-9-20-14-7-3-12(16)4-8-14/h1-8,17H,9-10H2. The Hall–Kier alpha value is -2.15. The fraction of sp³-hybridized carbons (Fsp3) is 0.143. The van der Waals surface area contributed by atoms with E-state index in [-0.39, 0.29) is 18.0 Å². The van der Waals surface area contributed by atoms with Gasteiger partial charge in [0.2, 0.25) is 10.0 Å². The molecule has 21 heavy (non-hydrogen) atoms. The lowest BCUT2D eigenvalue weighted by atomic mass is 10.3. The van der Waals surface area contributed by atoms with Gasteiger partial charge in [0, 0.05) is 5.69 Å². The number of hydrogen-bond acceptors (Lipinski definition) is 3. The molecule has 0 atom stereocenters. The van der Waals surface area contributed by atoms with Gasteiger partial charge in [-0.3, -0.25) is 4.72 Å². The van der Waals surface area contributed by atoms with E-state index in [1.165, 1.54) is 36.4 Å². The number of rotatable bonds is 6. The van der Waals surface area contributed by atoms with E-state index in [9.17, 15) is 17.2 Å². The minimum Gasteiger partial charge on any atom is -0.492 e. The highest BCUT2D eigenvalue weighted by Gasteiger charge is 2.11. The Kier molecular flexibility index (Phi) is 4.74. The zero-order valence-corrected chi connectivity index (χ0v) is 11.7. The van der Waals surface area contributed by atoms with Gasteiger partial charge in [0.15, 0.2) is 0 Å². The number of hydrogen-bond donors (Lipinski definition) is 1. The fourth-order valence-corrected chi connectivity index (χ4v) is 2.45. The molecule has 0 radical (unpaired) electrons. The van der Waals surface area contributed by atoms with Crippen LogP contribution in [0.5, 0.6) is 5.75 Å². The zero-order chi connectivity index (χ0) is 15.3. The summed E-state index contributed by atoms with van der Waals surface area (Å²) in [5.41, 5.74) is 0.276. The Morgan fingerprint density at radius 1 is 0.905 bits per heavy atom. The van der Waals surface area contributed by atoms with Crippen molar-refractivity contribution in [3.05, 3.63) is 60.2 Å². The summed E-state index contributed by atoms with van der Waals surface area (Å²) < 4.78 is 56.5. The van der Waals surface area contributed by atoms with E-state index in [4.69, 9.17) is 4.74 Å². The van der Waals surface area contributed by atoms with Gasteiger partial charge in [-0.25, -0.2) is 17.2 Å². The van der Waals surface area contributed by atoms with E-state index in [1.807, 2.05) is 0 Å². The summed E-state index contributed by atoms with van der Waals surface area (Å²) in [6.07, 6.45) is 0. The number of sulfonamides is 1.